The molecule has 1 heterocycles. The molecule has 150 valence electrons. The Balaban J connectivity index is 2.69. The number of methoxy groups -OCH3 is 1. The van der Waals surface area contributed by atoms with E-state index >= 15 is 0 Å². The molecule has 0 bridgehead atoms. The highest BCUT2D eigenvalue weighted by Crippen LogP contribution is 2.41. The lowest BCUT2D eigenvalue weighted by atomic mass is 9.80. The van der Waals surface area contributed by atoms with Crippen molar-refractivity contribution in [2.75, 3.05) is 13.7 Å². The smallest absolute Gasteiger partial charge is 0.337 e. The molecule has 0 amide bonds. The van der Waals surface area contributed by atoms with Crippen LogP contribution >= 0.6 is 11.6 Å². The van der Waals surface area contributed by atoms with Gasteiger partial charge in [0, 0.05) is 12.1 Å². The average Bonchev–Trinajstić information content (AvgIpc) is 2.61. The van der Waals surface area contributed by atoms with Gasteiger partial charge in [-0.2, -0.15) is 0 Å². The fraction of sp³-hybridized carbons (Fsp3) is 0.476. The second-order valence-electron chi connectivity index (χ2n) is 7.27. The molecule has 1 aliphatic heterocycles. The zero-order valence-corrected chi connectivity index (χ0v) is 17.4. The summed E-state index contributed by atoms with van der Waals surface area (Å²) < 4.78 is 24.5. The first kappa shape index (κ1) is 22.1. The molecule has 7 heteroatoms. The highest BCUT2D eigenvalue weighted by molar-refractivity contribution is 6.31. The third kappa shape index (κ3) is 4.60. The molecule has 2 rings (SSSR count). The van der Waals surface area contributed by atoms with Gasteiger partial charge >= 0.3 is 5.97 Å². The normalized spacial score (nSPS) is 19.9. The standard InChI is InChI=1S/C21H24ClFN2O3/c1-7-21(3,4)28-20(26)18-16(11-27-6)25-12(2)19(24-5)17(18)14-9-8-13(23)10-15(14)22/h8-10,17,19H,7,11H2,1-4,6H3. The third-order valence-electron chi connectivity index (χ3n) is 4.84. The number of carbonyl (C=O) groups is 1. The van der Waals surface area contributed by atoms with Crippen molar-refractivity contribution >= 4 is 23.3 Å². The Kier molecular flexibility index (Phi) is 6.97. The van der Waals surface area contributed by atoms with Crippen LogP contribution in [-0.2, 0) is 14.3 Å². The molecule has 1 aliphatic rings. The summed E-state index contributed by atoms with van der Waals surface area (Å²) in [6.07, 6.45) is 0.613. The summed E-state index contributed by atoms with van der Waals surface area (Å²) in [6.45, 7) is 15.0. The van der Waals surface area contributed by atoms with Gasteiger partial charge in [-0.1, -0.05) is 24.6 Å². The van der Waals surface area contributed by atoms with Gasteiger partial charge in [-0.25, -0.2) is 15.8 Å². The molecule has 0 radical (unpaired) electrons. The summed E-state index contributed by atoms with van der Waals surface area (Å²) in [5.41, 5.74) is 0.945. The van der Waals surface area contributed by atoms with E-state index in [0.717, 1.165) is 0 Å². The lowest BCUT2D eigenvalue weighted by Crippen LogP contribution is -2.36. The molecule has 0 saturated heterocycles. The number of rotatable bonds is 6. The van der Waals surface area contributed by atoms with Gasteiger partial charge in [-0.05, 0) is 44.9 Å². The fourth-order valence-electron chi connectivity index (χ4n) is 3.03. The number of halogens is 2. The first-order valence-electron chi connectivity index (χ1n) is 8.97. The number of ether oxygens (including phenoxy) is 2. The molecule has 0 saturated carbocycles. The van der Waals surface area contributed by atoms with E-state index in [1.165, 1.54) is 25.3 Å². The van der Waals surface area contributed by atoms with Gasteiger partial charge in [0.05, 0.1) is 23.6 Å². The number of nitrogens with zero attached hydrogens (tertiary/aromatic N) is 2. The van der Waals surface area contributed by atoms with Gasteiger partial charge in [-0.3, -0.25) is 4.99 Å². The van der Waals surface area contributed by atoms with Crippen LogP contribution in [0.4, 0.5) is 4.39 Å². The summed E-state index contributed by atoms with van der Waals surface area (Å²) in [5, 5.41) is 0.144. The summed E-state index contributed by atoms with van der Waals surface area (Å²) in [5.74, 6) is -1.80. The molecule has 1 aromatic rings. The lowest BCUT2D eigenvalue weighted by molar-refractivity contribution is -0.152. The molecule has 5 nitrogen and oxygen atoms in total. The van der Waals surface area contributed by atoms with Gasteiger partial charge in [0.15, 0.2) is 0 Å². The highest BCUT2D eigenvalue weighted by Gasteiger charge is 2.44. The molecule has 2 unspecified atom stereocenters. The van der Waals surface area contributed by atoms with Crippen molar-refractivity contribution in [2.45, 2.75) is 51.7 Å². The Morgan fingerprint density at radius 1 is 1.43 bits per heavy atom. The number of hydrogen-bond donors (Lipinski definition) is 0. The maximum Gasteiger partial charge on any atom is 0.337 e. The number of benzene rings is 1. The fourth-order valence-corrected chi connectivity index (χ4v) is 3.32. The maximum absolute atomic E-state index is 13.6. The van der Waals surface area contributed by atoms with Gasteiger partial charge in [0.25, 0.3) is 6.04 Å². The quantitative estimate of drug-likeness (QED) is 0.495. The predicted octanol–water partition coefficient (Wildman–Crippen LogP) is 4.96. The zero-order valence-electron chi connectivity index (χ0n) is 16.7. The van der Waals surface area contributed by atoms with Crippen LogP contribution in [0.2, 0.25) is 5.02 Å². The summed E-state index contributed by atoms with van der Waals surface area (Å²) in [7, 11) is 1.50. The molecule has 0 spiro atoms. The van der Waals surface area contributed by atoms with Gasteiger partial charge < -0.3 is 14.3 Å². The SMILES string of the molecule is [C-]#[N+]C1C(C)=NC(COC)=C(C(=O)OC(C)(C)CC)C1c1ccc(F)cc1Cl. The third-order valence-corrected chi connectivity index (χ3v) is 5.16. The zero-order chi connectivity index (χ0) is 21.1. The van der Waals surface area contributed by atoms with Crippen LogP contribution in [0.25, 0.3) is 4.85 Å². The van der Waals surface area contributed by atoms with Gasteiger partial charge in [-0.15, -0.1) is 0 Å². The average molecular weight is 407 g/mol. The Labute approximate surface area is 170 Å². The first-order chi connectivity index (χ1) is 13.1. The number of esters is 1. The minimum atomic E-state index is -0.754. The molecule has 0 aliphatic carbocycles. The van der Waals surface area contributed by atoms with E-state index in [0.29, 0.717) is 23.4 Å². The molecule has 2 atom stereocenters. The molecule has 28 heavy (non-hydrogen) atoms. The first-order valence-corrected chi connectivity index (χ1v) is 9.35. The van der Waals surface area contributed by atoms with Crippen LogP contribution in [0.5, 0.6) is 0 Å². The van der Waals surface area contributed by atoms with Crippen molar-refractivity contribution in [2.24, 2.45) is 4.99 Å². The Morgan fingerprint density at radius 3 is 2.64 bits per heavy atom. The van der Waals surface area contributed by atoms with E-state index in [9.17, 15) is 9.18 Å². The summed E-state index contributed by atoms with van der Waals surface area (Å²) in [6, 6.07) is 3.18. The van der Waals surface area contributed by atoms with Crippen molar-refractivity contribution in [1.82, 2.24) is 0 Å². The molecule has 1 aromatic carbocycles. The largest absolute Gasteiger partial charge is 0.456 e. The van der Waals surface area contributed by atoms with Crippen molar-refractivity contribution in [3.63, 3.8) is 0 Å². The minimum Gasteiger partial charge on any atom is -0.456 e. The predicted molar refractivity (Wildman–Crippen MR) is 107 cm³/mol. The van der Waals surface area contributed by atoms with Crippen molar-refractivity contribution < 1.29 is 18.7 Å². The van der Waals surface area contributed by atoms with E-state index in [1.807, 2.05) is 20.8 Å². The summed E-state index contributed by atoms with van der Waals surface area (Å²) >= 11 is 6.30. The van der Waals surface area contributed by atoms with Crippen molar-refractivity contribution in [1.29, 1.82) is 0 Å². The maximum atomic E-state index is 13.6. The molecule has 0 N–H and O–H groups in total. The van der Waals surface area contributed by atoms with Crippen LogP contribution in [0.3, 0.4) is 0 Å². The minimum absolute atomic E-state index is 0.0777. The van der Waals surface area contributed by atoms with Crippen LogP contribution < -0.4 is 0 Å². The van der Waals surface area contributed by atoms with E-state index < -0.39 is 29.3 Å². The highest BCUT2D eigenvalue weighted by atomic mass is 35.5. The second-order valence-corrected chi connectivity index (χ2v) is 7.67. The number of hydrogen-bond acceptors (Lipinski definition) is 4. The van der Waals surface area contributed by atoms with E-state index in [4.69, 9.17) is 27.6 Å². The topological polar surface area (TPSA) is 52.2 Å². The van der Waals surface area contributed by atoms with E-state index in [2.05, 4.69) is 9.84 Å². The van der Waals surface area contributed by atoms with Crippen LogP contribution in [0, 0.1) is 12.4 Å². The second kappa shape index (κ2) is 8.85. The lowest BCUT2D eigenvalue weighted by Gasteiger charge is -2.30. The molecular formula is C21H24ClFN2O3. The van der Waals surface area contributed by atoms with Crippen molar-refractivity contribution in [3.05, 3.63) is 57.3 Å². The number of aliphatic imine (C=N–C) groups is 1. The van der Waals surface area contributed by atoms with Crippen LogP contribution in [-0.4, -0.2) is 37.0 Å². The van der Waals surface area contributed by atoms with Crippen LogP contribution in [0.15, 0.2) is 34.5 Å². The number of carbonyl (C=O) groups excluding carboxylic acids is 1. The monoisotopic (exact) mass is 406 g/mol. The Hall–Kier alpha value is -2.23. The Morgan fingerprint density at radius 2 is 2.11 bits per heavy atom. The van der Waals surface area contributed by atoms with E-state index in [-0.39, 0.29) is 17.2 Å². The summed E-state index contributed by atoms with van der Waals surface area (Å²) in [4.78, 5) is 21.3. The Bertz CT molecular complexity index is 871. The van der Waals surface area contributed by atoms with Gasteiger partial charge in [0.1, 0.15) is 17.3 Å². The molecule has 0 aromatic heterocycles. The van der Waals surface area contributed by atoms with Crippen molar-refractivity contribution in [3.8, 4) is 0 Å². The molecular weight excluding hydrogens is 383 g/mol. The van der Waals surface area contributed by atoms with E-state index in [1.54, 1.807) is 6.92 Å². The van der Waals surface area contributed by atoms with Gasteiger partial charge in [0.2, 0.25) is 0 Å². The molecule has 0 fully saturated rings. The van der Waals surface area contributed by atoms with Crippen LogP contribution in [0.1, 0.15) is 45.6 Å².